The van der Waals surface area contributed by atoms with E-state index in [2.05, 4.69) is 10.3 Å². The first kappa shape index (κ1) is 22.3. The summed E-state index contributed by atoms with van der Waals surface area (Å²) in [5, 5.41) is 14.5. The number of aromatic nitrogens is 1. The molecule has 2 aromatic rings. The van der Waals surface area contributed by atoms with Crippen molar-refractivity contribution in [2.45, 2.75) is 32.4 Å². The number of anilines is 4. The molecule has 1 aliphatic heterocycles. The lowest BCUT2D eigenvalue weighted by molar-refractivity contribution is -0.384. The highest BCUT2D eigenvalue weighted by atomic mass is 19.1. The molecule has 0 bridgehead atoms. The number of benzene rings is 1. The number of carbonyl (C=O) groups is 1. The van der Waals surface area contributed by atoms with Gasteiger partial charge in [-0.25, -0.2) is 9.37 Å². The van der Waals surface area contributed by atoms with E-state index >= 15 is 0 Å². The van der Waals surface area contributed by atoms with E-state index in [-0.39, 0.29) is 24.5 Å². The summed E-state index contributed by atoms with van der Waals surface area (Å²) in [7, 11) is 0. The molecule has 1 fully saturated rings. The van der Waals surface area contributed by atoms with Gasteiger partial charge in [0.15, 0.2) is 0 Å². The molecule has 3 N–H and O–H groups in total. The van der Waals surface area contributed by atoms with Crippen molar-refractivity contribution in [2.24, 2.45) is 5.73 Å². The number of nitrogens with one attached hydrogen (secondary N) is 1. The molecule has 10 heteroatoms. The highest BCUT2D eigenvalue weighted by Crippen LogP contribution is 2.32. The van der Waals surface area contributed by atoms with E-state index in [0.29, 0.717) is 24.5 Å². The third-order valence-corrected chi connectivity index (χ3v) is 5.52. The Morgan fingerprint density at radius 1 is 1.29 bits per heavy atom. The minimum atomic E-state index is -2.04. The molecule has 31 heavy (non-hydrogen) atoms. The van der Waals surface area contributed by atoms with Crippen LogP contribution < -0.4 is 20.9 Å². The molecular formula is C21H27FN6O3. The highest BCUT2D eigenvalue weighted by Gasteiger charge is 2.41. The van der Waals surface area contributed by atoms with Gasteiger partial charge in [-0.2, -0.15) is 0 Å². The van der Waals surface area contributed by atoms with Crippen molar-refractivity contribution in [1.82, 2.24) is 4.98 Å². The maximum atomic E-state index is 14.7. The van der Waals surface area contributed by atoms with Gasteiger partial charge < -0.3 is 20.9 Å². The molecule has 0 aliphatic carbocycles. The average Bonchev–Trinajstić information content (AvgIpc) is 2.75. The maximum absolute atomic E-state index is 14.7. The normalized spacial score (nSPS) is 18.5. The summed E-state index contributed by atoms with van der Waals surface area (Å²) in [6, 6.07) is 10.1. The summed E-state index contributed by atoms with van der Waals surface area (Å²) in [5.41, 5.74) is 4.41. The standard InChI is InChI=1S/C21H27FN6O3/c1-3-26(4-2)18-11-10-17(28(30)31)19(25-18)24-15-6-8-16(9-7-15)27-13-5-12-21(22,14-27)20(23)29/h6-11H,3-5,12-14H2,1-2H3,(H2,23,29)(H,24,25). The second kappa shape index (κ2) is 9.15. The molecular weight excluding hydrogens is 403 g/mol. The zero-order valence-corrected chi connectivity index (χ0v) is 17.7. The van der Waals surface area contributed by atoms with Gasteiger partial charge in [0.2, 0.25) is 11.5 Å². The lowest BCUT2D eigenvalue weighted by atomic mass is 9.93. The molecule has 2 heterocycles. The van der Waals surface area contributed by atoms with Crippen LogP contribution in [-0.2, 0) is 4.79 Å². The first-order chi connectivity index (χ1) is 14.8. The molecule has 1 aliphatic rings. The Kier molecular flexibility index (Phi) is 6.57. The van der Waals surface area contributed by atoms with Crippen LogP contribution in [0.3, 0.4) is 0 Å². The molecule has 0 spiro atoms. The lowest BCUT2D eigenvalue weighted by Gasteiger charge is -2.36. The molecule has 1 aromatic heterocycles. The Hall–Kier alpha value is -3.43. The van der Waals surface area contributed by atoms with Crippen LogP contribution in [0.5, 0.6) is 0 Å². The van der Waals surface area contributed by atoms with Gasteiger partial charge in [0, 0.05) is 37.1 Å². The van der Waals surface area contributed by atoms with Crippen LogP contribution in [0.4, 0.5) is 33.1 Å². The number of rotatable bonds is 8. The summed E-state index contributed by atoms with van der Waals surface area (Å²) in [4.78, 5) is 30.6. The lowest BCUT2D eigenvalue weighted by Crippen LogP contribution is -2.53. The molecule has 1 unspecified atom stereocenters. The minimum Gasteiger partial charge on any atom is -0.368 e. The third kappa shape index (κ3) is 4.84. The Labute approximate surface area is 180 Å². The molecule has 1 atom stereocenters. The van der Waals surface area contributed by atoms with Crippen LogP contribution in [0, 0.1) is 10.1 Å². The van der Waals surface area contributed by atoms with Crippen molar-refractivity contribution in [3.8, 4) is 0 Å². The second-order valence-corrected chi connectivity index (χ2v) is 7.49. The van der Waals surface area contributed by atoms with Gasteiger partial charge in [-0.1, -0.05) is 0 Å². The van der Waals surface area contributed by atoms with Gasteiger partial charge in [0.25, 0.3) is 5.91 Å². The third-order valence-electron chi connectivity index (χ3n) is 5.52. The molecule has 166 valence electrons. The number of halogens is 1. The van der Waals surface area contributed by atoms with Gasteiger partial charge in [-0.3, -0.25) is 14.9 Å². The number of nitrogens with two attached hydrogens (primary N) is 1. The van der Waals surface area contributed by atoms with Crippen LogP contribution in [0.1, 0.15) is 26.7 Å². The number of primary amides is 1. The van der Waals surface area contributed by atoms with Crippen molar-refractivity contribution in [3.63, 3.8) is 0 Å². The first-order valence-corrected chi connectivity index (χ1v) is 10.3. The van der Waals surface area contributed by atoms with Crippen LogP contribution in [0.2, 0.25) is 0 Å². The van der Waals surface area contributed by atoms with Gasteiger partial charge in [0.1, 0.15) is 5.82 Å². The van der Waals surface area contributed by atoms with E-state index < -0.39 is 16.5 Å². The number of hydrogen-bond donors (Lipinski definition) is 2. The number of pyridine rings is 1. The summed E-state index contributed by atoms with van der Waals surface area (Å²) in [5.74, 6) is -0.146. The molecule has 0 radical (unpaired) electrons. The van der Waals surface area contributed by atoms with Crippen molar-refractivity contribution in [1.29, 1.82) is 0 Å². The number of carbonyl (C=O) groups excluding carboxylic acids is 1. The van der Waals surface area contributed by atoms with Crippen LogP contribution in [0.25, 0.3) is 0 Å². The summed E-state index contributed by atoms with van der Waals surface area (Å²) in [6.45, 7) is 5.96. The van der Waals surface area contributed by atoms with Gasteiger partial charge in [-0.05, 0) is 57.0 Å². The SMILES string of the molecule is CCN(CC)c1ccc([N+](=O)[O-])c(Nc2ccc(N3CCCC(F)(C(N)=O)C3)cc2)n1. The van der Waals surface area contributed by atoms with Gasteiger partial charge >= 0.3 is 5.69 Å². The number of nitrogens with zero attached hydrogens (tertiary/aromatic N) is 4. The fourth-order valence-corrected chi connectivity index (χ4v) is 3.73. The number of nitro groups is 1. The van der Waals surface area contributed by atoms with Crippen LogP contribution >= 0.6 is 0 Å². The maximum Gasteiger partial charge on any atom is 0.311 e. The Bertz CT molecular complexity index is 951. The quantitative estimate of drug-likeness (QED) is 0.487. The molecule has 1 saturated heterocycles. The van der Waals surface area contributed by atoms with Crippen molar-refractivity contribution in [2.75, 3.05) is 41.3 Å². The fourth-order valence-electron chi connectivity index (χ4n) is 3.73. The Morgan fingerprint density at radius 2 is 1.97 bits per heavy atom. The smallest absolute Gasteiger partial charge is 0.311 e. The molecule has 3 rings (SSSR count). The number of amides is 1. The zero-order chi connectivity index (χ0) is 22.6. The zero-order valence-electron chi connectivity index (χ0n) is 17.7. The molecule has 9 nitrogen and oxygen atoms in total. The summed E-state index contributed by atoms with van der Waals surface area (Å²) >= 11 is 0. The van der Waals surface area contributed by atoms with E-state index in [1.807, 2.05) is 18.7 Å². The van der Waals surface area contributed by atoms with Crippen molar-refractivity contribution in [3.05, 3.63) is 46.5 Å². The number of piperidine rings is 1. The number of alkyl halides is 1. The monoisotopic (exact) mass is 430 g/mol. The van der Waals surface area contributed by atoms with Gasteiger partial charge in [-0.15, -0.1) is 0 Å². The van der Waals surface area contributed by atoms with Crippen molar-refractivity contribution >= 4 is 34.6 Å². The van der Waals surface area contributed by atoms with Crippen molar-refractivity contribution < 1.29 is 14.1 Å². The number of hydrogen-bond acceptors (Lipinski definition) is 7. The Morgan fingerprint density at radius 3 is 2.55 bits per heavy atom. The van der Waals surface area contributed by atoms with Gasteiger partial charge in [0.05, 0.1) is 11.5 Å². The topological polar surface area (TPSA) is 118 Å². The van der Waals surface area contributed by atoms with E-state index in [4.69, 9.17) is 5.73 Å². The van der Waals surface area contributed by atoms with E-state index in [1.165, 1.54) is 6.07 Å². The largest absolute Gasteiger partial charge is 0.368 e. The summed E-state index contributed by atoms with van der Waals surface area (Å²) < 4.78 is 14.7. The highest BCUT2D eigenvalue weighted by molar-refractivity contribution is 5.84. The van der Waals surface area contributed by atoms with Crippen LogP contribution in [-0.4, -0.2) is 47.7 Å². The molecule has 0 saturated carbocycles. The van der Waals surface area contributed by atoms with Crippen LogP contribution in [0.15, 0.2) is 36.4 Å². The summed E-state index contributed by atoms with van der Waals surface area (Å²) in [6.07, 6.45) is 0.643. The van der Waals surface area contributed by atoms with E-state index in [0.717, 1.165) is 18.8 Å². The Balaban J connectivity index is 1.81. The minimum absolute atomic E-state index is 0.0892. The molecule has 1 amide bonds. The fraction of sp³-hybridized carbons (Fsp3) is 0.429. The predicted molar refractivity (Wildman–Crippen MR) is 119 cm³/mol. The average molecular weight is 430 g/mol. The molecule has 1 aromatic carbocycles. The predicted octanol–water partition coefficient (Wildman–Crippen LogP) is 3.37. The first-order valence-electron chi connectivity index (χ1n) is 10.3. The van der Waals surface area contributed by atoms with E-state index in [1.54, 1.807) is 35.2 Å². The second-order valence-electron chi connectivity index (χ2n) is 7.49. The van der Waals surface area contributed by atoms with E-state index in [9.17, 15) is 19.3 Å².